The van der Waals surface area contributed by atoms with Crippen molar-refractivity contribution < 1.29 is 4.79 Å². The summed E-state index contributed by atoms with van der Waals surface area (Å²) in [5.41, 5.74) is 0.650. The second-order valence-corrected chi connectivity index (χ2v) is 5.72. The van der Waals surface area contributed by atoms with Gasteiger partial charge in [0, 0.05) is 24.4 Å². The van der Waals surface area contributed by atoms with Crippen LogP contribution >= 0.6 is 0 Å². The summed E-state index contributed by atoms with van der Waals surface area (Å²) >= 11 is 0. The smallest absolute Gasteiger partial charge is 0.230 e. The Morgan fingerprint density at radius 1 is 1.05 bits per heavy atom. The predicted molar refractivity (Wildman–Crippen MR) is 81.7 cm³/mol. The van der Waals surface area contributed by atoms with Gasteiger partial charge in [0.25, 0.3) is 0 Å². The van der Waals surface area contributed by atoms with Crippen LogP contribution in [0.5, 0.6) is 0 Å². The van der Waals surface area contributed by atoms with Crippen LogP contribution < -0.4 is 10.6 Å². The van der Waals surface area contributed by atoms with Crippen molar-refractivity contribution in [1.29, 1.82) is 0 Å². The van der Waals surface area contributed by atoms with Crippen molar-refractivity contribution in [3.8, 4) is 0 Å². The van der Waals surface area contributed by atoms with E-state index in [1.165, 1.54) is 0 Å². The van der Waals surface area contributed by atoms with Crippen LogP contribution in [0.2, 0.25) is 0 Å². The fraction of sp³-hybridized carbons (Fsp3) is 0.333. The van der Waals surface area contributed by atoms with Gasteiger partial charge in [-0.1, -0.05) is 20.8 Å². The van der Waals surface area contributed by atoms with Crippen molar-refractivity contribution in [3.63, 3.8) is 0 Å². The normalized spacial score (nSPS) is 11.0. The van der Waals surface area contributed by atoms with Crippen LogP contribution in [0.4, 0.5) is 11.6 Å². The molecule has 110 valence electrons. The van der Waals surface area contributed by atoms with Crippen LogP contribution in [0.1, 0.15) is 26.3 Å². The number of anilines is 2. The van der Waals surface area contributed by atoms with Crippen LogP contribution in [-0.4, -0.2) is 21.1 Å². The Balaban J connectivity index is 1.92. The summed E-state index contributed by atoms with van der Waals surface area (Å²) in [4.78, 5) is 15.8. The minimum atomic E-state index is -0.458. The van der Waals surface area contributed by atoms with E-state index in [0.29, 0.717) is 18.2 Å². The van der Waals surface area contributed by atoms with E-state index in [1.807, 2.05) is 32.9 Å². The Labute approximate surface area is 124 Å². The molecular weight excluding hydrogens is 266 g/mol. The number of hydrogen-bond acceptors (Lipinski definition) is 5. The maximum absolute atomic E-state index is 11.8. The number of amides is 1. The molecule has 0 saturated carbocycles. The fourth-order valence-corrected chi connectivity index (χ4v) is 1.49. The Morgan fingerprint density at radius 2 is 1.67 bits per heavy atom. The zero-order valence-corrected chi connectivity index (χ0v) is 12.4. The summed E-state index contributed by atoms with van der Waals surface area (Å²) in [6, 6.07) is 7.37. The first-order chi connectivity index (χ1) is 9.95. The summed E-state index contributed by atoms with van der Waals surface area (Å²) in [5, 5.41) is 13.9. The lowest BCUT2D eigenvalue weighted by Gasteiger charge is -2.16. The van der Waals surface area contributed by atoms with E-state index < -0.39 is 5.41 Å². The van der Waals surface area contributed by atoms with Gasteiger partial charge in [0.2, 0.25) is 5.91 Å². The zero-order valence-electron chi connectivity index (χ0n) is 12.4. The first kappa shape index (κ1) is 14.9. The molecule has 0 unspecified atom stereocenters. The number of nitrogens with zero attached hydrogens (tertiary/aromatic N) is 3. The van der Waals surface area contributed by atoms with E-state index in [4.69, 9.17) is 0 Å². The van der Waals surface area contributed by atoms with E-state index in [0.717, 1.165) is 5.56 Å². The molecule has 0 aliphatic rings. The monoisotopic (exact) mass is 285 g/mol. The predicted octanol–water partition coefficient (Wildman–Crippen LogP) is 2.47. The van der Waals surface area contributed by atoms with E-state index in [1.54, 1.807) is 24.5 Å². The van der Waals surface area contributed by atoms with Crippen molar-refractivity contribution in [3.05, 3.63) is 42.2 Å². The van der Waals surface area contributed by atoms with E-state index in [9.17, 15) is 4.79 Å². The third kappa shape index (κ3) is 4.52. The van der Waals surface area contributed by atoms with Crippen molar-refractivity contribution in [2.45, 2.75) is 27.3 Å². The molecule has 0 saturated heterocycles. The molecular formula is C15H19N5O. The van der Waals surface area contributed by atoms with Gasteiger partial charge in [0.15, 0.2) is 5.82 Å². The highest BCUT2D eigenvalue weighted by molar-refractivity contribution is 5.93. The molecule has 0 aromatic carbocycles. The van der Waals surface area contributed by atoms with Gasteiger partial charge in [-0.05, 0) is 29.8 Å². The summed E-state index contributed by atoms with van der Waals surface area (Å²) < 4.78 is 0. The molecule has 2 heterocycles. The van der Waals surface area contributed by atoms with Crippen LogP contribution in [0.25, 0.3) is 0 Å². The molecule has 0 bridgehead atoms. The van der Waals surface area contributed by atoms with E-state index in [-0.39, 0.29) is 5.91 Å². The minimum Gasteiger partial charge on any atom is -0.365 e. The second-order valence-electron chi connectivity index (χ2n) is 5.72. The highest BCUT2D eigenvalue weighted by Crippen LogP contribution is 2.16. The number of hydrogen-bond donors (Lipinski definition) is 2. The van der Waals surface area contributed by atoms with Gasteiger partial charge in [-0.25, -0.2) is 0 Å². The molecule has 0 atom stereocenters. The van der Waals surface area contributed by atoms with Crippen molar-refractivity contribution in [2.24, 2.45) is 5.41 Å². The summed E-state index contributed by atoms with van der Waals surface area (Å²) in [7, 11) is 0. The third-order valence-electron chi connectivity index (χ3n) is 2.81. The van der Waals surface area contributed by atoms with Crippen LogP contribution in [-0.2, 0) is 11.3 Å². The van der Waals surface area contributed by atoms with Gasteiger partial charge in [-0.2, -0.15) is 0 Å². The molecule has 2 N–H and O–H groups in total. The fourth-order valence-electron chi connectivity index (χ4n) is 1.49. The summed E-state index contributed by atoms with van der Waals surface area (Å²) in [6.45, 7) is 6.19. The molecule has 0 spiro atoms. The van der Waals surface area contributed by atoms with Gasteiger partial charge in [-0.3, -0.25) is 9.78 Å². The lowest BCUT2D eigenvalue weighted by molar-refractivity contribution is -0.123. The summed E-state index contributed by atoms with van der Waals surface area (Å²) in [5.74, 6) is 1.01. The number of carbonyl (C=O) groups excluding carboxylic acids is 1. The number of pyridine rings is 1. The molecule has 0 fully saturated rings. The van der Waals surface area contributed by atoms with Crippen molar-refractivity contribution in [1.82, 2.24) is 15.2 Å². The van der Waals surface area contributed by atoms with Gasteiger partial charge >= 0.3 is 0 Å². The maximum atomic E-state index is 11.8. The van der Waals surface area contributed by atoms with Gasteiger partial charge in [0.1, 0.15) is 5.82 Å². The quantitative estimate of drug-likeness (QED) is 0.902. The average molecular weight is 285 g/mol. The van der Waals surface area contributed by atoms with Crippen molar-refractivity contribution in [2.75, 3.05) is 10.6 Å². The topological polar surface area (TPSA) is 79.8 Å². The van der Waals surface area contributed by atoms with Gasteiger partial charge in [0.05, 0.1) is 0 Å². The van der Waals surface area contributed by atoms with Gasteiger partial charge < -0.3 is 10.6 Å². The maximum Gasteiger partial charge on any atom is 0.230 e. The van der Waals surface area contributed by atoms with Crippen LogP contribution in [0.15, 0.2) is 36.7 Å². The molecule has 0 aliphatic heterocycles. The Bertz CT molecular complexity index is 590. The molecule has 2 aromatic heterocycles. The highest BCUT2D eigenvalue weighted by Gasteiger charge is 2.21. The number of carbonyl (C=O) groups is 1. The highest BCUT2D eigenvalue weighted by atomic mass is 16.2. The van der Waals surface area contributed by atoms with Crippen LogP contribution in [0, 0.1) is 5.41 Å². The molecule has 0 radical (unpaired) electrons. The van der Waals surface area contributed by atoms with Gasteiger partial charge in [-0.15, -0.1) is 10.2 Å². The largest absolute Gasteiger partial charge is 0.365 e. The second kappa shape index (κ2) is 6.30. The third-order valence-corrected chi connectivity index (χ3v) is 2.81. The minimum absolute atomic E-state index is 0.0886. The molecule has 2 aromatic rings. The molecule has 1 amide bonds. The summed E-state index contributed by atoms with van der Waals surface area (Å²) in [6.07, 6.45) is 3.49. The molecule has 6 nitrogen and oxygen atoms in total. The Morgan fingerprint density at radius 3 is 2.24 bits per heavy atom. The Hall–Kier alpha value is -2.50. The molecule has 6 heteroatoms. The standard InChI is InChI=1S/C15H19N5O/c1-15(2,3)14(21)18-13-5-4-12(19-20-13)17-10-11-6-8-16-9-7-11/h4-9H,10H2,1-3H3,(H,17,19)(H,18,20,21). The first-order valence-corrected chi connectivity index (χ1v) is 6.73. The lowest BCUT2D eigenvalue weighted by Crippen LogP contribution is -2.28. The number of rotatable bonds is 4. The zero-order chi connectivity index (χ0) is 15.3. The lowest BCUT2D eigenvalue weighted by atomic mass is 9.96. The molecule has 2 rings (SSSR count). The average Bonchev–Trinajstić information content (AvgIpc) is 2.46. The molecule has 0 aliphatic carbocycles. The van der Waals surface area contributed by atoms with Crippen LogP contribution in [0.3, 0.4) is 0 Å². The molecule has 21 heavy (non-hydrogen) atoms. The first-order valence-electron chi connectivity index (χ1n) is 6.73. The Kier molecular flexibility index (Phi) is 4.47. The number of nitrogens with one attached hydrogen (secondary N) is 2. The number of aromatic nitrogens is 3. The van der Waals surface area contributed by atoms with E-state index in [2.05, 4.69) is 25.8 Å². The van der Waals surface area contributed by atoms with Crippen molar-refractivity contribution >= 4 is 17.5 Å². The van der Waals surface area contributed by atoms with E-state index >= 15 is 0 Å². The SMILES string of the molecule is CC(C)(C)C(=O)Nc1ccc(NCc2ccncc2)nn1.